The predicted molar refractivity (Wildman–Crippen MR) is 84.7 cm³/mol. The smallest absolute Gasteiger partial charge is 0.129 e. The van der Waals surface area contributed by atoms with Crippen molar-refractivity contribution < 1.29 is 0 Å². The molecule has 1 radical (unpaired) electrons. The molecule has 0 aliphatic rings. The van der Waals surface area contributed by atoms with Crippen LogP contribution in [-0.4, -0.2) is 54.0 Å². The van der Waals surface area contributed by atoms with Gasteiger partial charge in [0.25, 0.3) is 0 Å². The van der Waals surface area contributed by atoms with Gasteiger partial charge in [-0.1, -0.05) is 6.58 Å². The molecule has 0 aromatic rings. The van der Waals surface area contributed by atoms with E-state index in [0.29, 0.717) is 0 Å². The minimum Gasteiger partial charge on any atom is -0.369 e. The summed E-state index contributed by atoms with van der Waals surface area (Å²) in [5.41, 5.74) is 1.14. The second-order valence-electron chi connectivity index (χ2n) is 4.37. The molecule has 0 atom stereocenters. The summed E-state index contributed by atoms with van der Waals surface area (Å²) in [6.07, 6.45) is 3.17. The van der Waals surface area contributed by atoms with Crippen LogP contribution < -0.4 is 0 Å². The molecule has 0 saturated carbocycles. The van der Waals surface area contributed by atoms with Gasteiger partial charge in [-0.05, 0) is 41.5 Å². The van der Waals surface area contributed by atoms with E-state index < -0.39 is 0 Å². The van der Waals surface area contributed by atoms with Crippen LogP contribution in [0.4, 0.5) is 0 Å². The topological polar surface area (TPSA) is 9.72 Å². The first-order valence-electron chi connectivity index (χ1n) is 7.66. The maximum atomic E-state index is 3.92. The van der Waals surface area contributed by atoms with Crippen molar-refractivity contribution in [3.63, 3.8) is 0 Å². The molecular formula is C16H32N3. The third kappa shape index (κ3) is 4.48. The molecule has 3 nitrogen and oxygen atoms in total. The summed E-state index contributed by atoms with van der Waals surface area (Å²) in [4.78, 5) is 7.14. The van der Waals surface area contributed by atoms with Crippen LogP contribution in [0.25, 0.3) is 0 Å². The Bertz CT molecular complexity index is 258. The molecule has 0 spiro atoms. The summed E-state index contributed by atoms with van der Waals surface area (Å²) in [7, 11) is 0. The first-order chi connectivity index (χ1) is 9.14. The van der Waals surface area contributed by atoms with E-state index in [1.807, 2.05) is 0 Å². The molecule has 0 aliphatic heterocycles. The van der Waals surface area contributed by atoms with Crippen molar-refractivity contribution in [2.45, 2.75) is 41.5 Å². The number of rotatable bonds is 10. The van der Waals surface area contributed by atoms with E-state index in [1.54, 1.807) is 0 Å². The highest BCUT2D eigenvalue weighted by molar-refractivity contribution is 5.18. The SMILES string of the molecule is C=[C]C(=C(N(CC)CC)N(CC)CC)N(CC)CC. The lowest BCUT2D eigenvalue weighted by molar-refractivity contribution is 0.214. The van der Waals surface area contributed by atoms with Crippen LogP contribution in [0, 0.1) is 6.08 Å². The summed E-state index contributed by atoms with van der Waals surface area (Å²) >= 11 is 0. The van der Waals surface area contributed by atoms with Crippen LogP contribution in [0.15, 0.2) is 18.1 Å². The zero-order chi connectivity index (χ0) is 14.8. The van der Waals surface area contributed by atoms with Crippen LogP contribution in [0.5, 0.6) is 0 Å². The van der Waals surface area contributed by atoms with Crippen LogP contribution in [0.1, 0.15) is 41.5 Å². The Kier molecular flexibility index (Phi) is 9.19. The second-order valence-corrected chi connectivity index (χ2v) is 4.37. The summed E-state index contributed by atoms with van der Waals surface area (Å²) in [5.74, 6) is 1.27. The molecule has 0 rings (SSSR count). The molecule has 0 aromatic carbocycles. The van der Waals surface area contributed by atoms with Crippen LogP contribution >= 0.6 is 0 Å². The molecule has 0 fully saturated rings. The number of hydrogen-bond donors (Lipinski definition) is 0. The highest BCUT2D eigenvalue weighted by atomic mass is 15.3. The normalized spacial score (nSPS) is 10.0. The van der Waals surface area contributed by atoms with Crippen LogP contribution in [0.3, 0.4) is 0 Å². The van der Waals surface area contributed by atoms with Crippen molar-refractivity contribution in [1.82, 2.24) is 14.7 Å². The van der Waals surface area contributed by atoms with Gasteiger partial charge in [0.15, 0.2) is 0 Å². The summed E-state index contributed by atoms with van der Waals surface area (Å²) in [6.45, 7) is 23.1. The van der Waals surface area contributed by atoms with E-state index >= 15 is 0 Å². The fraction of sp³-hybridized carbons (Fsp3) is 0.750. The second kappa shape index (κ2) is 9.76. The largest absolute Gasteiger partial charge is 0.369 e. The van der Waals surface area contributed by atoms with E-state index in [1.165, 1.54) is 5.82 Å². The summed E-state index contributed by atoms with van der Waals surface area (Å²) in [5, 5.41) is 0. The van der Waals surface area contributed by atoms with Gasteiger partial charge in [0, 0.05) is 45.3 Å². The highest BCUT2D eigenvalue weighted by Crippen LogP contribution is 2.19. The molecule has 0 amide bonds. The summed E-state index contributed by atoms with van der Waals surface area (Å²) < 4.78 is 0. The van der Waals surface area contributed by atoms with Crippen LogP contribution in [-0.2, 0) is 0 Å². The lowest BCUT2D eigenvalue weighted by Crippen LogP contribution is -2.39. The molecule has 0 saturated heterocycles. The number of likely N-dealkylation sites (N-methyl/N-ethyl adjacent to an activating group) is 1. The van der Waals surface area contributed by atoms with Gasteiger partial charge < -0.3 is 14.7 Å². The molecule has 0 heterocycles. The van der Waals surface area contributed by atoms with Crippen molar-refractivity contribution >= 4 is 0 Å². The Morgan fingerprint density at radius 1 is 0.684 bits per heavy atom. The Hall–Kier alpha value is -1.12. The van der Waals surface area contributed by atoms with Gasteiger partial charge in [-0.15, -0.1) is 0 Å². The first-order valence-corrected chi connectivity index (χ1v) is 7.66. The molecule has 0 N–H and O–H groups in total. The number of hydrogen-bond acceptors (Lipinski definition) is 3. The van der Waals surface area contributed by atoms with E-state index in [-0.39, 0.29) is 0 Å². The van der Waals surface area contributed by atoms with E-state index in [9.17, 15) is 0 Å². The standard InChI is InChI=1S/C16H32N3/c1-8-15(17(9-2)10-3)16(18(11-4)12-5)19(13-6)14-7/h1,9-14H2,2-7H3. The zero-order valence-corrected chi connectivity index (χ0v) is 13.8. The molecule has 0 aliphatic carbocycles. The van der Waals surface area contributed by atoms with Crippen molar-refractivity contribution in [3.8, 4) is 0 Å². The first kappa shape index (κ1) is 17.9. The molecule has 0 bridgehead atoms. The zero-order valence-electron chi connectivity index (χ0n) is 13.8. The average molecular weight is 266 g/mol. The minimum absolute atomic E-state index is 0.986. The van der Waals surface area contributed by atoms with Gasteiger partial charge in [0.1, 0.15) is 5.82 Å². The third-order valence-corrected chi connectivity index (χ3v) is 3.58. The third-order valence-electron chi connectivity index (χ3n) is 3.58. The number of nitrogens with zero attached hydrogens (tertiary/aromatic N) is 3. The lowest BCUT2D eigenvalue weighted by Gasteiger charge is -2.38. The maximum absolute atomic E-state index is 3.92. The molecule has 0 aromatic heterocycles. The summed E-state index contributed by atoms with van der Waals surface area (Å²) in [6, 6.07) is 0. The molecular weight excluding hydrogens is 234 g/mol. The average Bonchev–Trinajstić information content (AvgIpc) is 2.45. The minimum atomic E-state index is 0.986. The predicted octanol–water partition coefficient (Wildman–Crippen LogP) is 3.17. The van der Waals surface area contributed by atoms with Gasteiger partial charge in [-0.25, -0.2) is 0 Å². The highest BCUT2D eigenvalue weighted by Gasteiger charge is 2.19. The number of allylic oxidation sites excluding steroid dienone is 1. The maximum Gasteiger partial charge on any atom is 0.129 e. The van der Waals surface area contributed by atoms with Gasteiger partial charge in [0.2, 0.25) is 0 Å². The Morgan fingerprint density at radius 3 is 1.21 bits per heavy atom. The molecule has 3 heteroatoms. The lowest BCUT2D eigenvalue weighted by atomic mass is 10.2. The van der Waals surface area contributed by atoms with E-state index in [2.05, 4.69) is 68.9 Å². The Labute approximate surface area is 120 Å². The molecule has 19 heavy (non-hydrogen) atoms. The van der Waals surface area contributed by atoms with Gasteiger partial charge in [0.05, 0.1) is 5.70 Å². The van der Waals surface area contributed by atoms with Crippen LogP contribution in [0.2, 0.25) is 0 Å². The fourth-order valence-corrected chi connectivity index (χ4v) is 2.42. The van der Waals surface area contributed by atoms with E-state index in [0.717, 1.165) is 45.0 Å². The Balaban J connectivity index is 5.77. The molecule has 111 valence electrons. The monoisotopic (exact) mass is 266 g/mol. The Morgan fingerprint density at radius 2 is 1.00 bits per heavy atom. The van der Waals surface area contributed by atoms with Gasteiger partial charge >= 0.3 is 0 Å². The van der Waals surface area contributed by atoms with Gasteiger partial charge in [-0.3, -0.25) is 0 Å². The van der Waals surface area contributed by atoms with E-state index in [4.69, 9.17) is 0 Å². The van der Waals surface area contributed by atoms with Crippen molar-refractivity contribution in [2.75, 3.05) is 39.3 Å². The van der Waals surface area contributed by atoms with Gasteiger partial charge in [-0.2, -0.15) is 0 Å². The van der Waals surface area contributed by atoms with Crippen molar-refractivity contribution in [2.24, 2.45) is 0 Å². The van der Waals surface area contributed by atoms with Crippen molar-refractivity contribution in [1.29, 1.82) is 0 Å². The quantitative estimate of drug-likeness (QED) is 0.562. The fourth-order valence-electron chi connectivity index (χ4n) is 2.42. The molecule has 0 unspecified atom stereocenters. The van der Waals surface area contributed by atoms with Crippen molar-refractivity contribution in [3.05, 3.63) is 24.2 Å².